The van der Waals surface area contributed by atoms with E-state index >= 15 is 0 Å². The van der Waals surface area contributed by atoms with Crippen LogP contribution >= 0.6 is 0 Å². The number of anilines is 1. The summed E-state index contributed by atoms with van der Waals surface area (Å²) < 4.78 is 45.2. The van der Waals surface area contributed by atoms with E-state index in [-0.39, 0.29) is 30.0 Å². The lowest BCUT2D eigenvalue weighted by Gasteiger charge is -2.42. The molecule has 208 valence electrons. The molecular formula is C30H30F3N5O2. The number of pyridine rings is 1. The minimum atomic E-state index is -4.54. The molecule has 2 atom stereocenters. The van der Waals surface area contributed by atoms with Gasteiger partial charge in [0.05, 0.1) is 41.6 Å². The lowest BCUT2D eigenvalue weighted by Crippen LogP contribution is -2.60. The Kier molecular flexibility index (Phi) is 7.68. The van der Waals surface area contributed by atoms with Gasteiger partial charge in [-0.05, 0) is 55.4 Å². The Morgan fingerprint density at radius 1 is 1.12 bits per heavy atom. The maximum atomic E-state index is 13.6. The predicted molar refractivity (Wildman–Crippen MR) is 145 cm³/mol. The standard InChI is InChI=1S/C30H30F3N5O2/c1-37-16-22(17-37)36-29(39)25-18-38(27-10-8-21(30(31,32)33)13-20(27)14-34)12-11-23(25)19-7-9-26(35-15-19)24-5-3-4-6-28(24)40-2/h3-10,13,15,22-23,25H,11-12,16-18H2,1-2H3,(H,36,39). The Bertz CT molecular complexity index is 1410. The summed E-state index contributed by atoms with van der Waals surface area (Å²) in [7, 11) is 3.59. The molecule has 40 heavy (non-hydrogen) atoms. The van der Waals surface area contributed by atoms with Crippen LogP contribution in [0.2, 0.25) is 0 Å². The largest absolute Gasteiger partial charge is 0.496 e. The minimum absolute atomic E-state index is 0.0558. The van der Waals surface area contributed by atoms with Crippen LogP contribution in [0, 0.1) is 17.2 Å². The molecule has 0 aliphatic carbocycles. The van der Waals surface area contributed by atoms with Crippen molar-refractivity contribution in [3.05, 3.63) is 77.5 Å². The van der Waals surface area contributed by atoms with Gasteiger partial charge in [-0.3, -0.25) is 9.78 Å². The number of rotatable bonds is 6. The topological polar surface area (TPSA) is 81.5 Å². The number of ether oxygens (including phenoxy) is 1. The van der Waals surface area contributed by atoms with Crippen molar-refractivity contribution in [2.45, 2.75) is 24.6 Å². The first-order valence-electron chi connectivity index (χ1n) is 13.1. The molecule has 0 bridgehead atoms. The number of piperidine rings is 1. The normalized spacial score (nSPS) is 19.9. The number of nitriles is 1. The fraction of sp³-hybridized carbons (Fsp3) is 0.367. The van der Waals surface area contributed by atoms with Crippen molar-refractivity contribution < 1.29 is 22.7 Å². The van der Waals surface area contributed by atoms with E-state index in [0.29, 0.717) is 24.4 Å². The Morgan fingerprint density at radius 2 is 1.90 bits per heavy atom. The zero-order valence-corrected chi connectivity index (χ0v) is 22.3. The SMILES string of the molecule is COc1ccccc1-c1ccc(C2CCN(c3ccc(C(F)(F)F)cc3C#N)CC2C(=O)NC2CN(C)C2)cn1. The number of alkyl halides is 3. The van der Waals surface area contributed by atoms with Gasteiger partial charge in [0, 0.05) is 43.9 Å². The fourth-order valence-electron chi connectivity index (χ4n) is 5.65. The molecule has 1 N–H and O–H groups in total. The van der Waals surface area contributed by atoms with Gasteiger partial charge in [0.15, 0.2) is 0 Å². The summed E-state index contributed by atoms with van der Waals surface area (Å²) in [5.74, 6) is -0.0173. The van der Waals surface area contributed by atoms with Crippen molar-refractivity contribution in [2.75, 3.05) is 45.2 Å². The number of carbonyl (C=O) groups excluding carboxylic acids is 1. The number of aromatic nitrogens is 1. The van der Waals surface area contributed by atoms with Crippen LogP contribution in [-0.4, -0.2) is 62.2 Å². The van der Waals surface area contributed by atoms with Crippen LogP contribution in [0.25, 0.3) is 11.3 Å². The summed E-state index contributed by atoms with van der Waals surface area (Å²) in [5.41, 5.74) is 2.00. The Morgan fingerprint density at radius 3 is 2.55 bits per heavy atom. The molecule has 1 amide bonds. The van der Waals surface area contributed by atoms with Crippen molar-refractivity contribution in [3.63, 3.8) is 0 Å². The van der Waals surface area contributed by atoms with Gasteiger partial charge in [-0.25, -0.2) is 0 Å². The number of benzene rings is 2. The number of hydrogen-bond donors (Lipinski definition) is 1. The number of nitrogens with one attached hydrogen (secondary N) is 1. The predicted octanol–water partition coefficient (Wildman–Crippen LogP) is 4.69. The molecular weight excluding hydrogens is 519 g/mol. The lowest BCUT2D eigenvalue weighted by atomic mass is 9.79. The zero-order chi connectivity index (χ0) is 28.4. The molecule has 3 heterocycles. The molecule has 2 saturated heterocycles. The Hall–Kier alpha value is -4.10. The third-order valence-corrected chi connectivity index (χ3v) is 7.74. The molecule has 2 fully saturated rings. The van der Waals surface area contributed by atoms with Crippen molar-refractivity contribution in [2.24, 2.45) is 5.92 Å². The van der Waals surface area contributed by atoms with E-state index < -0.39 is 17.7 Å². The van der Waals surface area contributed by atoms with E-state index in [4.69, 9.17) is 4.74 Å². The molecule has 0 saturated carbocycles. The van der Waals surface area contributed by atoms with Gasteiger partial charge in [-0.1, -0.05) is 18.2 Å². The lowest BCUT2D eigenvalue weighted by molar-refractivity contribution is -0.137. The van der Waals surface area contributed by atoms with Crippen LogP contribution < -0.4 is 15.0 Å². The van der Waals surface area contributed by atoms with Crippen molar-refractivity contribution in [3.8, 4) is 23.1 Å². The van der Waals surface area contributed by atoms with Gasteiger partial charge in [-0.15, -0.1) is 0 Å². The molecule has 1 aromatic heterocycles. The molecule has 0 spiro atoms. The molecule has 5 rings (SSSR count). The third kappa shape index (κ3) is 5.61. The average molecular weight is 550 g/mol. The summed E-state index contributed by atoms with van der Waals surface area (Å²) in [4.78, 5) is 22.2. The maximum Gasteiger partial charge on any atom is 0.416 e. The number of likely N-dealkylation sites (tertiary alicyclic amines) is 1. The van der Waals surface area contributed by atoms with Crippen molar-refractivity contribution >= 4 is 11.6 Å². The number of para-hydroxylation sites is 1. The number of halogens is 3. The number of likely N-dealkylation sites (N-methyl/N-ethyl adjacent to an activating group) is 1. The summed E-state index contributed by atoms with van der Waals surface area (Å²) in [5, 5.41) is 12.8. The number of nitrogens with zero attached hydrogens (tertiary/aromatic N) is 4. The summed E-state index contributed by atoms with van der Waals surface area (Å²) in [6.45, 7) is 2.28. The van der Waals surface area contributed by atoms with E-state index in [2.05, 4.69) is 15.2 Å². The summed E-state index contributed by atoms with van der Waals surface area (Å²) in [6.07, 6.45) is -2.18. The number of carbonyl (C=O) groups is 1. The second-order valence-electron chi connectivity index (χ2n) is 10.4. The highest BCUT2D eigenvalue weighted by molar-refractivity contribution is 5.81. The van der Waals surface area contributed by atoms with E-state index in [0.717, 1.165) is 42.0 Å². The monoisotopic (exact) mass is 549 g/mol. The number of amides is 1. The molecule has 10 heteroatoms. The van der Waals surface area contributed by atoms with E-state index in [1.807, 2.05) is 54.4 Å². The third-order valence-electron chi connectivity index (χ3n) is 7.74. The highest BCUT2D eigenvalue weighted by atomic mass is 19.4. The van der Waals surface area contributed by atoms with Gasteiger partial charge in [0.2, 0.25) is 5.91 Å². The Labute approximate surface area is 231 Å². The quantitative estimate of drug-likeness (QED) is 0.481. The highest BCUT2D eigenvalue weighted by Crippen LogP contribution is 2.39. The van der Waals surface area contributed by atoms with Crippen LogP contribution in [0.4, 0.5) is 18.9 Å². The van der Waals surface area contributed by atoms with Crippen LogP contribution in [0.3, 0.4) is 0 Å². The summed E-state index contributed by atoms with van der Waals surface area (Å²) in [6, 6.07) is 16.7. The van der Waals surface area contributed by atoms with Crippen LogP contribution in [0.5, 0.6) is 5.75 Å². The van der Waals surface area contributed by atoms with Crippen molar-refractivity contribution in [1.82, 2.24) is 15.2 Å². The Balaban J connectivity index is 1.42. The van der Waals surface area contributed by atoms with Crippen LogP contribution in [0.1, 0.15) is 29.0 Å². The molecule has 3 aromatic rings. The van der Waals surface area contributed by atoms with Gasteiger partial charge in [-0.2, -0.15) is 18.4 Å². The van der Waals surface area contributed by atoms with E-state index in [1.54, 1.807) is 13.3 Å². The molecule has 2 aliphatic heterocycles. The number of hydrogen-bond acceptors (Lipinski definition) is 6. The molecule has 0 radical (unpaired) electrons. The first-order chi connectivity index (χ1) is 19.2. The molecule has 2 unspecified atom stereocenters. The van der Waals surface area contributed by atoms with Gasteiger partial charge in [0.25, 0.3) is 0 Å². The van der Waals surface area contributed by atoms with E-state index in [9.17, 15) is 23.2 Å². The van der Waals surface area contributed by atoms with Crippen LogP contribution in [0.15, 0.2) is 60.8 Å². The zero-order valence-electron chi connectivity index (χ0n) is 22.3. The minimum Gasteiger partial charge on any atom is -0.496 e. The van der Waals surface area contributed by atoms with Gasteiger partial charge >= 0.3 is 6.18 Å². The van der Waals surface area contributed by atoms with Crippen LogP contribution in [-0.2, 0) is 11.0 Å². The molecule has 7 nitrogen and oxygen atoms in total. The molecule has 2 aliphatic rings. The average Bonchev–Trinajstić information content (AvgIpc) is 2.95. The van der Waals surface area contributed by atoms with Crippen molar-refractivity contribution in [1.29, 1.82) is 5.26 Å². The van der Waals surface area contributed by atoms with Gasteiger partial charge in [0.1, 0.15) is 11.8 Å². The second-order valence-corrected chi connectivity index (χ2v) is 10.4. The molecule has 2 aromatic carbocycles. The van der Waals surface area contributed by atoms with Gasteiger partial charge < -0.3 is 19.9 Å². The summed E-state index contributed by atoms with van der Waals surface area (Å²) >= 11 is 0. The highest BCUT2D eigenvalue weighted by Gasteiger charge is 2.39. The fourth-order valence-corrected chi connectivity index (χ4v) is 5.65. The second kappa shape index (κ2) is 11.2. The maximum absolute atomic E-state index is 13.6. The smallest absolute Gasteiger partial charge is 0.416 e. The first-order valence-corrected chi connectivity index (χ1v) is 13.1. The van der Waals surface area contributed by atoms with E-state index in [1.165, 1.54) is 6.07 Å². The number of methoxy groups -OCH3 is 1. The first kappa shape index (κ1) is 27.5.